The molecule has 0 aliphatic carbocycles. The van der Waals surface area contributed by atoms with Gasteiger partial charge in [-0.15, -0.1) is 0 Å². The number of aliphatic hydroxyl groups is 2. The lowest BCUT2D eigenvalue weighted by molar-refractivity contribution is -0.123. The molecule has 0 radical (unpaired) electrons. The molecule has 0 rings (SSSR count). The zero-order valence-electron chi connectivity index (χ0n) is 30.1. The summed E-state index contributed by atoms with van der Waals surface area (Å²) in [4.78, 5) is 12.3. The molecule has 4 heteroatoms. The molecule has 0 saturated carbocycles. The van der Waals surface area contributed by atoms with Crippen LogP contribution in [0.1, 0.15) is 200 Å². The average Bonchev–Trinajstić information content (AvgIpc) is 3.04. The summed E-state index contributed by atoms with van der Waals surface area (Å²) in [5, 5.41) is 22.9. The number of unbranched alkanes of at least 4 members (excludes halogenated alkanes) is 24. The molecule has 0 heterocycles. The van der Waals surface area contributed by atoms with E-state index in [1.165, 1.54) is 148 Å². The monoisotopic (exact) mass is 632 g/mol. The molecule has 4 nitrogen and oxygen atoms in total. The maximum Gasteiger partial charge on any atom is 0.220 e. The van der Waals surface area contributed by atoms with Crippen molar-refractivity contribution in [1.29, 1.82) is 0 Å². The number of aliphatic hydroxyl groups excluding tert-OH is 2. The van der Waals surface area contributed by atoms with Crippen molar-refractivity contribution in [3.05, 3.63) is 36.5 Å². The van der Waals surface area contributed by atoms with Crippen LogP contribution < -0.4 is 5.32 Å². The number of amides is 1. The molecule has 0 bridgehead atoms. The molecule has 0 spiro atoms. The van der Waals surface area contributed by atoms with E-state index in [1.54, 1.807) is 6.08 Å². The molecule has 0 aromatic heterocycles. The van der Waals surface area contributed by atoms with Crippen molar-refractivity contribution in [2.75, 3.05) is 6.61 Å². The zero-order valence-corrected chi connectivity index (χ0v) is 30.1. The highest BCUT2D eigenvalue weighted by molar-refractivity contribution is 5.76. The number of hydrogen-bond acceptors (Lipinski definition) is 3. The van der Waals surface area contributed by atoms with E-state index >= 15 is 0 Å². The van der Waals surface area contributed by atoms with Gasteiger partial charge in [-0.25, -0.2) is 0 Å². The van der Waals surface area contributed by atoms with E-state index in [0.29, 0.717) is 6.42 Å². The highest BCUT2D eigenvalue weighted by atomic mass is 16.3. The first-order valence-corrected chi connectivity index (χ1v) is 19.7. The van der Waals surface area contributed by atoms with Gasteiger partial charge in [0, 0.05) is 6.42 Å². The number of carbonyl (C=O) groups is 1. The van der Waals surface area contributed by atoms with Crippen LogP contribution in [0.25, 0.3) is 0 Å². The Labute approximate surface area is 281 Å². The topological polar surface area (TPSA) is 69.6 Å². The summed E-state index contributed by atoms with van der Waals surface area (Å²) in [7, 11) is 0. The van der Waals surface area contributed by atoms with Crippen LogP contribution >= 0.6 is 0 Å². The summed E-state index contributed by atoms with van der Waals surface area (Å²) in [6.45, 7) is 4.28. The smallest absolute Gasteiger partial charge is 0.220 e. The number of carbonyl (C=O) groups excluding carboxylic acids is 1. The Morgan fingerprint density at radius 3 is 1.36 bits per heavy atom. The van der Waals surface area contributed by atoms with Crippen LogP contribution in [-0.4, -0.2) is 34.9 Å². The Bertz CT molecular complexity index is 686. The Balaban J connectivity index is 3.63. The molecule has 2 atom stereocenters. The van der Waals surface area contributed by atoms with Gasteiger partial charge in [-0.1, -0.05) is 179 Å². The van der Waals surface area contributed by atoms with E-state index in [-0.39, 0.29) is 12.5 Å². The molecule has 2 unspecified atom stereocenters. The SMILES string of the molecule is CCCCCC/C=C\C/C=C\CCCCCCCCCC(=O)NC(CO)C(O)/C=C/CCCCCCCCCCCCCCC. The van der Waals surface area contributed by atoms with E-state index in [9.17, 15) is 15.0 Å². The second-order valence-corrected chi connectivity index (χ2v) is 13.3. The van der Waals surface area contributed by atoms with Crippen LogP contribution in [0.15, 0.2) is 36.5 Å². The van der Waals surface area contributed by atoms with Crippen LogP contribution in [0.4, 0.5) is 0 Å². The van der Waals surface area contributed by atoms with Crippen molar-refractivity contribution in [3.63, 3.8) is 0 Å². The van der Waals surface area contributed by atoms with Gasteiger partial charge in [0.2, 0.25) is 5.91 Å². The van der Waals surface area contributed by atoms with Gasteiger partial charge in [-0.3, -0.25) is 4.79 Å². The third-order valence-corrected chi connectivity index (χ3v) is 8.87. The van der Waals surface area contributed by atoms with Gasteiger partial charge in [0.15, 0.2) is 0 Å². The summed E-state index contributed by atoms with van der Waals surface area (Å²) in [6.07, 6.45) is 48.0. The fourth-order valence-corrected chi connectivity index (χ4v) is 5.80. The number of hydrogen-bond donors (Lipinski definition) is 3. The minimum absolute atomic E-state index is 0.0730. The molecule has 45 heavy (non-hydrogen) atoms. The van der Waals surface area contributed by atoms with Gasteiger partial charge >= 0.3 is 0 Å². The predicted molar refractivity (Wildman–Crippen MR) is 198 cm³/mol. The third-order valence-electron chi connectivity index (χ3n) is 8.87. The lowest BCUT2D eigenvalue weighted by Crippen LogP contribution is -2.45. The molecule has 1 amide bonds. The zero-order chi connectivity index (χ0) is 32.9. The second-order valence-electron chi connectivity index (χ2n) is 13.3. The average molecular weight is 632 g/mol. The van der Waals surface area contributed by atoms with E-state index in [0.717, 1.165) is 32.1 Å². The van der Waals surface area contributed by atoms with Crippen molar-refractivity contribution in [3.8, 4) is 0 Å². The van der Waals surface area contributed by atoms with Crippen LogP contribution in [0, 0.1) is 0 Å². The molecule has 0 saturated heterocycles. The molecule has 0 aliphatic rings. The summed E-state index contributed by atoms with van der Waals surface area (Å²) in [5.74, 6) is -0.0730. The van der Waals surface area contributed by atoms with Crippen LogP contribution in [-0.2, 0) is 4.79 Å². The van der Waals surface area contributed by atoms with Gasteiger partial charge in [0.05, 0.1) is 18.8 Å². The Morgan fingerprint density at radius 2 is 0.911 bits per heavy atom. The van der Waals surface area contributed by atoms with Crippen molar-refractivity contribution >= 4 is 5.91 Å². The quantitative estimate of drug-likeness (QED) is 0.0481. The van der Waals surface area contributed by atoms with Gasteiger partial charge in [-0.2, -0.15) is 0 Å². The molecule has 0 aromatic rings. The Morgan fingerprint density at radius 1 is 0.533 bits per heavy atom. The fraction of sp³-hybridized carbons (Fsp3) is 0.829. The molecule has 264 valence electrons. The normalized spacial score (nSPS) is 13.4. The fourth-order valence-electron chi connectivity index (χ4n) is 5.80. The predicted octanol–water partition coefficient (Wildman–Crippen LogP) is 11.8. The van der Waals surface area contributed by atoms with Crippen LogP contribution in [0.2, 0.25) is 0 Å². The summed E-state index contributed by atoms with van der Waals surface area (Å²) >= 11 is 0. The molecule has 3 N–H and O–H groups in total. The maximum absolute atomic E-state index is 12.3. The van der Waals surface area contributed by atoms with E-state index in [1.807, 2.05) is 6.08 Å². The van der Waals surface area contributed by atoms with Gasteiger partial charge < -0.3 is 15.5 Å². The van der Waals surface area contributed by atoms with Crippen LogP contribution in [0.5, 0.6) is 0 Å². The maximum atomic E-state index is 12.3. The second kappa shape index (κ2) is 37.1. The van der Waals surface area contributed by atoms with E-state index < -0.39 is 12.1 Å². The van der Waals surface area contributed by atoms with Crippen molar-refractivity contribution < 1.29 is 15.0 Å². The summed E-state index contributed by atoms with van der Waals surface area (Å²) in [5.41, 5.74) is 0. The minimum atomic E-state index is -0.840. The Kier molecular flexibility index (Phi) is 35.9. The first kappa shape index (κ1) is 43.6. The highest BCUT2D eigenvalue weighted by Gasteiger charge is 2.17. The first-order chi connectivity index (χ1) is 22.2. The summed E-state index contributed by atoms with van der Waals surface area (Å²) in [6, 6.07) is -0.624. The third kappa shape index (κ3) is 33.8. The van der Waals surface area contributed by atoms with E-state index in [2.05, 4.69) is 43.5 Å². The standard InChI is InChI=1S/C41H77NO3/c1-3-5-7-9-11-13-15-17-19-20-21-23-25-27-29-31-33-35-37-41(45)42-39(38-43)40(44)36-34-32-30-28-26-24-22-18-16-14-12-10-8-6-4-2/h13,15,19-20,34,36,39-40,43-44H,3-12,14,16-18,21-33,35,37-38H2,1-2H3,(H,42,45)/b15-13-,20-19-,36-34+. The number of nitrogens with one attached hydrogen (secondary N) is 1. The molecule has 0 aliphatic heterocycles. The summed E-state index contributed by atoms with van der Waals surface area (Å²) < 4.78 is 0. The number of rotatable bonds is 35. The largest absolute Gasteiger partial charge is 0.394 e. The highest BCUT2D eigenvalue weighted by Crippen LogP contribution is 2.14. The first-order valence-electron chi connectivity index (χ1n) is 19.7. The van der Waals surface area contributed by atoms with E-state index in [4.69, 9.17) is 0 Å². The molecular weight excluding hydrogens is 554 g/mol. The Hall–Kier alpha value is -1.39. The molecule has 0 fully saturated rings. The molecular formula is C41H77NO3. The van der Waals surface area contributed by atoms with Gasteiger partial charge in [0.25, 0.3) is 0 Å². The lowest BCUT2D eigenvalue weighted by Gasteiger charge is -2.20. The number of allylic oxidation sites excluding steroid dienone is 5. The van der Waals surface area contributed by atoms with Gasteiger partial charge in [-0.05, 0) is 51.4 Å². The van der Waals surface area contributed by atoms with Crippen molar-refractivity contribution in [1.82, 2.24) is 5.32 Å². The van der Waals surface area contributed by atoms with Crippen LogP contribution in [0.3, 0.4) is 0 Å². The van der Waals surface area contributed by atoms with Gasteiger partial charge in [0.1, 0.15) is 0 Å². The van der Waals surface area contributed by atoms with Crippen molar-refractivity contribution in [2.24, 2.45) is 0 Å². The van der Waals surface area contributed by atoms with Crippen molar-refractivity contribution in [2.45, 2.75) is 212 Å². The molecule has 0 aromatic carbocycles. The minimum Gasteiger partial charge on any atom is -0.394 e. The lowest BCUT2D eigenvalue weighted by atomic mass is 10.0.